The van der Waals surface area contributed by atoms with Gasteiger partial charge in [-0.1, -0.05) is 0 Å². The van der Waals surface area contributed by atoms with Crippen LogP contribution in [0.4, 0.5) is 5.69 Å². The summed E-state index contributed by atoms with van der Waals surface area (Å²) in [7, 11) is 2.94. The normalized spacial score (nSPS) is 14.6. The summed E-state index contributed by atoms with van der Waals surface area (Å²) in [5.41, 5.74) is 1.27. The minimum Gasteiger partial charge on any atom is -0.506 e. The molecule has 0 atom stereocenters. The number of ether oxygens (including phenoxy) is 2. The quantitative estimate of drug-likeness (QED) is 0.497. The number of anilines is 1. The van der Waals surface area contributed by atoms with E-state index >= 15 is 0 Å². The standard InChI is InChI=1S/C21H19NO6/c1-11(23)13-5-7-16-15(9-13)19(21(26)22(16)12(2)24)20(25)14-6-8-17(27-3)18(10-14)28-4/h5-10,25H,1-4H3/b20-19-. The van der Waals surface area contributed by atoms with Crippen LogP contribution in [-0.2, 0) is 9.59 Å². The van der Waals surface area contributed by atoms with Crippen molar-refractivity contribution in [1.82, 2.24) is 0 Å². The first-order valence-corrected chi connectivity index (χ1v) is 8.46. The Morgan fingerprint density at radius 1 is 0.929 bits per heavy atom. The highest BCUT2D eigenvalue weighted by Gasteiger charge is 2.38. The number of hydrogen-bond donors (Lipinski definition) is 1. The van der Waals surface area contributed by atoms with Crippen LogP contribution in [0.15, 0.2) is 36.4 Å². The molecule has 1 aliphatic rings. The molecule has 28 heavy (non-hydrogen) atoms. The number of amides is 2. The van der Waals surface area contributed by atoms with Gasteiger partial charge in [0.05, 0.1) is 25.5 Å². The third kappa shape index (κ3) is 3.00. The van der Waals surface area contributed by atoms with Crippen molar-refractivity contribution in [2.45, 2.75) is 13.8 Å². The van der Waals surface area contributed by atoms with E-state index in [0.29, 0.717) is 33.9 Å². The Hall–Kier alpha value is -3.61. The van der Waals surface area contributed by atoms with E-state index < -0.39 is 11.8 Å². The molecule has 3 rings (SSSR count). The Bertz CT molecular complexity index is 1040. The number of carbonyl (C=O) groups is 3. The number of ketones is 1. The van der Waals surface area contributed by atoms with Crippen molar-refractivity contribution < 1.29 is 29.0 Å². The maximum Gasteiger partial charge on any atom is 0.269 e. The van der Waals surface area contributed by atoms with Gasteiger partial charge in [0.1, 0.15) is 5.76 Å². The summed E-state index contributed by atoms with van der Waals surface area (Å²) in [6.45, 7) is 2.66. The number of hydrogen-bond acceptors (Lipinski definition) is 6. The largest absolute Gasteiger partial charge is 0.506 e. The van der Waals surface area contributed by atoms with Crippen molar-refractivity contribution in [3.8, 4) is 11.5 Å². The van der Waals surface area contributed by atoms with Crippen molar-refractivity contribution in [1.29, 1.82) is 0 Å². The molecule has 1 aliphatic heterocycles. The molecule has 0 unspecified atom stereocenters. The first-order chi connectivity index (χ1) is 13.3. The molecule has 0 fully saturated rings. The summed E-state index contributed by atoms with van der Waals surface area (Å²) in [6, 6.07) is 9.27. The van der Waals surface area contributed by atoms with Crippen LogP contribution < -0.4 is 14.4 Å². The van der Waals surface area contributed by atoms with Crippen molar-refractivity contribution in [2.24, 2.45) is 0 Å². The molecule has 7 heteroatoms. The second-order valence-corrected chi connectivity index (χ2v) is 6.24. The van der Waals surface area contributed by atoms with Crippen LogP contribution in [0.3, 0.4) is 0 Å². The van der Waals surface area contributed by atoms with Gasteiger partial charge in [-0.3, -0.25) is 14.4 Å². The fourth-order valence-electron chi connectivity index (χ4n) is 3.16. The minimum absolute atomic E-state index is 0.0551. The summed E-state index contributed by atoms with van der Waals surface area (Å²) in [6.07, 6.45) is 0. The number of fused-ring (bicyclic) bond motifs is 1. The fraction of sp³-hybridized carbons (Fsp3) is 0.190. The molecular formula is C21H19NO6. The summed E-state index contributed by atoms with van der Waals surface area (Å²) in [5, 5.41) is 10.9. The topological polar surface area (TPSA) is 93.1 Å². The van der Waals surface area contributed by atoms with Gasteiger partial charge in [-0.05, 0) is 43.3 Å². The summed E-state index contributed by atoms with van der Waals surface area (Å²) in [5.74, 6) is -0.823. The van der Waals surface area contributed by atoms with Crippen LogP contribution in [0.2, 0.25) is 0 Å². The summed E-state index contributed by atoms with van der Waals surface area (Å²) < 4.78 is 10.4. The van der Waals surface area contributed by atoms with Gasteiger partial charge in [0.25, 0.3) is 5.91 Å². The van der Waals surface area contributed by atoms with Gasteiger partial charge in [0.2, 0.25) is 5.91 Å². The van der Waals surface area contributed by atoms with Gasteiger partial charge in [-0.25, -0.2) is 4.90 Å². The SMILES string of the molecule is COc1ccc(/C(O)=C2/C(=O)N(C(C)=O)c3ccc(C(C)=O)cc32)cc1OC. The van der Waals surface area contributed by atoms with Gasteiger partial charge in [-0.15, -0.1) is 0 Å². The Kier molecular flexibility index (Phi) is 4.92. The average Bonchev–Trinajstić information content (AvgIpc) is 2.97. The lowest BCUT2D eigenvalue weighted by Gasteiger charge is -2.12. The highest BCUT2D eigenvalue weighted by Crippen LogP contribution is 2.41. The van der Waals surface area contributed by atoms with Gasteiger partial charge in [-0.2, -0.15) is 0 Å². The van der Waals surface area contributed by atoms with Crippen LogP contribution in [0.5, 0.6) is 11.5 Å². The maximum atomic E-state index is 12.9. The molecule has 0 saturated heterocycles. The molecule has 2 aromatic rings. The Morgan fingerprint density at radius 2 is 1.57 bits per heavy atom. The highest BCUT2D eigenvalue weighted by atomic mass is 16.5. The third-order valence-corrected chi connectivity index (χ3v) is 4.54. The average molecular weight is 381 g/mol. The van der Waals surface area contributed by atoms with Crippen molar-refractivity contribution in [3.05, 3.63) is 53.1 Å². The molecule has 7 nitrogen and oxygen atoms in total. The van der Waals surface area contributed by atoms with Crippen LogP contribution in [0, 0.1) is 0 Å². The van der Waals surface area contributed by atoms with Crippen molar-refractivity contribution >= 4 is 34.6 Å². The van der Waals surface area contributed by atoms with E-state index in [1.165, 1.54) is 46.3 Å². The van der Waals surface area contributed by atoms with E-state index in [9.17, 15) is 19.5 Å². The molecule has 0 spiro atoms. The number of imide groups is 1. The molecule has 1 N–H and O–H groups in total. The van der Waals surface area contributed by atoms with Gasteiger partial charge in [0.15, 0.2) is 17.3 Å². The van der Waals surface area contributed by atoms with E-state index in [4.69, 9.17) is 9.47 Å². The van der Waals surface area contributed by atoms with E-state index in [1.54, 1.807) is 18.2 Å². The van der Waals surface area contributed by atoms with Crippen molar-refractivity contribution in [3.63, 3.8) is 0 Å². The molecule has 0 saturated carbocycles. The third-order valence-electron chi connectivity index (χ3n) is 4.54. The predicted molar refractivity (Wildman–Crippen MR) is 104 cm³/mol. The fourth-order valence-corrected chi connectivity index (χ4v) is 3.16. The second kappa shape index (κ2) is 7.19. The zero-order valence-corrected chi connectivity index (χ0v) is 15.9. The van der Waals surface area contributed by atoms with E-state index in [-0.39, 0.29) is 17.1 Å². The first-order valence-electron chi connectivity index (χ1n) is 8.46. The maximum absolute atomic E-state index is 12.9. The van der Waals surface area contributed by atoms with E-state index in [1.807, 2.05) is 0 Å². The molecule has 0 aliphatic carbocycles. The van der Waals surface area contributed by atoms with Crippen LogP contribution in [0.25, 0.3) is 11.3 Å². The number of aliphatic hydroxyl groups is 1. The molecule has 0 bridgehead atoms. The lowest BCUT2D eigenvalue weighted by molar-refractivity contribution is -0.122. The van der Waals surface area contributed by atoms with Crippen LogP contribution >= 0.6 is 0 Å². The highest BCUT2D eigenvalue weighted by molar-refractivity contribution is 6.42. The minimum atomic E-state index is -0.657. The zero-order valence-electron chi connectivity index (χ0n) is 15.9. The van der Waals surface area contributed by atoms with Crippen LogP contribution in [0.1, 0.15) is 35.3 Å². The number of rotatable bonds is 4. The number of nitrogens with zero attached hydrogens (tertiary/aromatic N) is 1. The lowest BCUT2D eigenvalue weighted by Crippen LogP contribution is -2.31. The van der Waals surface area contributed by atoms with Gasteiger partial charge < -0.3 is 14.6 Å². The Balaban J connectivity index is 2.26. The molecule has 0 radical (unpaired) electrons. The molecule has 0 aromatic heterocycles. The Morgan fingerprint density at radius 3 is 2.14 bits per heavy atom. The molecule has 2 aromatic carbocycles. The molecular weight excluding hydrogens is 362 g/mol. The molecule has 144 valence electrons. The molecule has 1 heterocycles. The monoisotopic (exact) mass is 381 g/mol. The van der Waals surface area contributed by atoms with Gasteiger partial charge >= 0.3 is 0 Å². The predicted octanol–water partition coefficient (Wildman–Crippen LogP) is 3.23. The lowest BCUT2D eigenvalue weighted by atomic mass is 9.99. The first kappa shape index (κ1) is 19.2. The number of benzene rings is 2. The number of carbonyl (C=O) groups excluding carboxylic acids is 3. The van der Waals surface area contributed by atoms with Crippen LogP contribution in [-0.4, -0.2) is 36.9 Å². The summed E-state index contributed by atoms with van der Waals surface area (Å²) >= 11 is 0. The van der Waals surface area contributed by atoms with E-state index in [2.05, 4.69) is 0 Å². The van der Waals surface area contributed by atoms with Crippen molar-refractivity contribution in [2.75, 3.05) is 19.1 Å². The zero-order chi connectivity index (χ0) is 20.6. The van der Waals surface area contributed by atoms with Gasteiger partial charge in [0, 0.05) is 23.6 Å². The number of aliphatic hydroxyl groups excluding tert-OH is 1. The molecule has 2 amide bonds. The Labute approximate surface area is 161 Å². The number of Topliss-reactive ketones (excluding diaryl/α,β-unsaturated/α-hetero) is 1. The number of methoxy groups -OCH3 is 2. The van der Waals surface area contributed by atoms with E-state index in [0.717, 1.165) is 4.90 Å². The second-order valence-electron chi connectivity index (χ2n) is 6.24. The smallest absolute Gasteiger partial charge is 0.269 e. The summed E-state index contributed by atoms with van der Waals surface area (Å²) in [4.78, 5) is 37.7.